The molecule has 1 aliphatic rings. The van der Waals surface area contributed by atoms with Crippen LogP contribution in [0.1, 0.15) is 23.2 Å². The number of benzene rings is 2. The van der Waals surface area contributed by atoms with Gasteiger partial charge in [0.2, 0.25) is 0 Å². The minimum Gasteiger partial charge on any atom is -0.335 e. The van der Waals surface area contributed by atoms with Crippen molar-refractivity contribution in [1.29, 1.82) is 0 Å². The van der Waals surface area contributed by atoms with Crippen molar-refractivity contribution in [1.82, 2.24) is 4.90 Å². The summed E-state index contributed by atoms with van der Waals surface area (Å²) in [4.78, 5) is 24.9. The normalized spacial score (nSPS) is 17.1. The standard InChI is InChI=1S/C18H17ClN2O5S/c19-16-9-8-13(11-17(16)21(23)24)18(22)20-10-4-5-14(20)12-27(25,26)15-6-2-1-3-7-15/h1-3,6-9,11,14H,4-5,10,12H2. The fraction of sp³-hybridized carbons (Fsp3) is 0.278. The zero-order valence-electron chi connectivity index (χ0n) is 14.2. The summed E-state index contributed by atoms with van der Waals surface area (Å²) in [6.45, 7) is 0.407. The van der Waals surface area contributed by atoms with E-state index < -0.39 is 26.7 Å². The molecule has 7 nitrogen and oxygen atoms in total. The first-order chi connectivity index (χ1) is 12.8. The molecule has 0 bridgehead atoms. The molecule has 1 aliphatic heterocycles. The molecule has 0 N–H and O–H groups in total. The molecule has 1 fully saturated rings. The summed E-state index contributed by atoms with van der Waals surface area (Å²) in [5, 5.41) is 11.0. The number of carbonyl (C=O) groups excluding carboxylic acids is 1. The van der Waals surface area contributed by atoms with Crippen molar-refractivity contribution < 1.29 is 18.1 Å². The number of nitro benzene ring substituents is 1. The van der Waals surface area contributed by atoms with Crippen LogP contribution in [0.25, 0.3) is 0 Å². The first kappa shape index (κ1) is 19.3. The highest BCUT2D eigenvalue weighted by molar-refractivity contribution is 7.91. The maximum atomic E-state index is 12.8. The average molecular weight is 409 g/mol. The lowest BCUT2D eigenvalue weighted by Gasteiger charge is -2.24. The third-order valence-corrected chi connectivity index (χ3v) is 6.68. The Labute approximate surface area is 161 Å². The van der Waals surface area contributed by atoms with E-state index in [2.05, 4.69) is 0 Å². The van der Waals surface area contributed by atoms with Crippen molar-refractivity contribution in [2.45, 2.75) is 23.8 Å². The zero-order valence-corrected chi connectivity index (χ0v) is 15.8. The predicted octanol–water partition coefficient (Wildman–Crippen LogP) is 3.33. The molecule has 27 heavy (non-hydrogen) atoms. The number of hydrogen-bond donors (Lipinski definition) is 0. The van der Waals surface area contributed by atoms with Gasteiger partial charge in [0, 0.05) is 24.2 Å². The van der Waals surface area contributed by atoms with Crippen LogP contribution in [0.2, 0.25) is 5.02 Å². The van der Waals surface area contributed by atoms with E-state index in [1.165, 1.54) is 29.2 Å². The molecule has 1 heterocycles. The highest BCUT2D eigenvalue weighted by atomic mass is 35.5. The highest BCUT2D eigenvalue weighted by Gasteiger charge is 2.34. The summed E-state index contributed by atoms with van der Waals surface area (Å²) in [6, 6.07) is 11.5. The first-order valence-electron chi connectivity index (χ1n) is 8.32. The Hall–Kier alpha value is -2.45. The lowest BCUT2D eigenvalue weighted by molar-refractivity contribution is -0.384. The minimum atomic E-state index is -3.54. The van der Waals surface area contributed by atoms with Crippen LogP contribution in [0.15, 0.2) is 53.4 Å². The molecule has 0 spiro atoms. The number of sulfone groups is 1. The Morgan fingerprint density at radius 3 is 2.59 bits per heavy atom. The molecule has 0 aliphatic carbocycles. The number of halogens is 1. The first-order valence-corrected chi connectivity index (χ1v) is 10.4. The monoisotopic (exact) mass is 408 g/mol. The second kappa shape index (κ2) is 7.66. The summed E-state index contributed by atoms with van der Waals surface area (Å²) < 4.78 is 25.3. The number of likely N-dealkylation sites (tertiary alicyclic amines) is 1. The Balaban J connectivity index is 1.83. The third kappa shape index (κ3) is 4.12. The molecule has 9 heteroatoms. The van der Waals surface area contributed by atoms with Gasteiger partial charge in [0.15, 0.2) is 9.84 Å². The fourth-order valence-corrected chi connectivity index (χ4v) is 5.01. The number of rotatable bonds is 5. The highest BCUT2D eigenvalue weighted by Crippen LogP contribution is 2.28. The van der Waals surface area contributed by atoms with Crippen molar-refractivity contribution in [2.75, 3.05) is 12.3 Å². The molecule has 2 aromatic carbocycles. The van der Waals surface area contributed by atoms with E-state index in [9.17, 15) is 23.3 Å². The smallest absolute Gasteiger partial charge is 0.288 e. The van der Waals surface area contributed by atoms with E-state index in [-0.39, 0.29) is 26.9 Å². The van der Waals surface area contributed by atoms with E-state index in [0.29, 0.717) is 19.4 Å². The van der Waals surface area contributed by atoms with E-state index >= 15 is 0 Å². The van der Waals surface area contributed by atoms with Crippen LogP contribution in [-0.2, 0) is 9.84 Å². The van der Waals surface area contributed by atoms with E-state index in [4.69, 9.17) is 11.6 Å². The maximum absolute atomic E-state index is 12.8. The largest absolute Gasteiger partial charge is 0.335 e. The second-order valence-corrected chi connectivity index (χ2v) is 8.75. The molecule has 1 saturated heterocycles. The lowest BCUT2D eigenvalue weighted by atomic mass is 10.1. The Morgan fingerprint density at radius 1 is 1.22 bits per heavy atom. The van der Waals surface area contributed by atoms with Gasteiger partial charge in [-0.05, 0) is 37.1 Å². The molecule has 1 unspecified atom stereocenters. The summed E-state index contributed by atoms with van der Waals surface area (Å²) in [6.07, 6.45) is 1.24. The fourth-order valence-electron chi connectivity index (χ4n) is 3.21. The topological polar surface area (TPSA) is 97.6 Å². The summed E-state index contributed by atoms with van der Waals surface area (Å²) in [7, 11) is -3.54. The van der Waals surface area contributed by atoms with Gasteiger partial charge in [0.25, 0.3) is 11.6 Å². The molecule has 0 radical (unpaired) electrons. The average Bonchev–Trinajstić information content (AvgIpc) is 3.09. The SMILES string of the molecule is O=C(c1ccc(Cl)c([N+](=O)[O-])c1)N1CCCC1CS(=O)(=O)c1ccccc1. The van der Waals surface area contributed by atoms with Gasteiger partial charge in [-0.25, -0.2) is 8.42 Å². The van der Waals surface area contributed by atoms with Crippen molar-refractivity contribution in [3.8, 4) is 0 Å². The van der Waals surface area contributed by atoms with E-state index in [1.807, 2.05) is 0 Å². The van der Waals surface area contributed by atoms with Crippen molar-refractivity contribution in [2.24, 2.45) is 0 Å². The van der Waals surface area contributed by atoms with Gasteiger partial charge in [0.1, 0.15) is 5.02 Å². The van der Waals surface area contributed by atoms with E-state index in [1.54, 1.807) is 18.2 Å². The molecule has 142 valence electrons. The molecule has 2 aromatic rings. The molecule has 0 aromatic heterocycles. The van der Waals surface area contributed by atoms with Gasteiger partial charge < -0.3 is 4.90 Å². The zero-order chi connectivity index (χ0) is 19.6. The van der Waals surface area contributed by atoms with E-state index in [0.717, 1.165) is 6.07 Å². The van der Waals surface area contributed by atoms with Gasteiger partial charge >= 0.3 is 0 Å². The number of nitrogens with zero attached hydrogens (tertiary/aromatic N) is 2. The third-order valence-electron chi connectivity index (χ3n) is 4.54. The summed E-state index contributed by atoms with van der Waals surface area (Å²) >= 11 is 5.79. The summed E-state index contributed by atoms with van der Waals surface area (Å²) in [5.74, 6) is -0.612. The number of nitro groups is 1. The maximum Gasteiger partial charge on any atom is 0.288 e. The number of carbonyl (C=O) groups is 1. The number of hydrogen-bond acceptors (Lipinski definition) is 5. The number of amides is 1. The van der Waals surface area contributed by atoms with Gasteiger partial charge in [-0.1, -0.05) is 29.8 Å². The lowest BCUT2D eigenvalue weighted by Crippen LogP contribution is -2.39. The van der Waals surface area contributed by atoms with Gasteiger partial charge in [0.05, 0.1) is 15.6 Å². The van der Waals surface area contributed by atoms with Crippen molar-refractivity contribution in [3.63, 3.8) is 0 Å². The summed E-state index contributed by atoms with van der Waals surface area (Å²) in [5.41, 5.74) is -0.231. The van der Waals surface area contributed by atoms with Crippen LogP contribution in [0.3, 0.4) is 0 Å². The Morgan fingerprint density at radius 2 is 1.93 bits per heavy atom. The van der Waals surface area contributed by atoms with Gasteiger partial charge in [-0.15, -0.1) is 0 Å². The van der Waals surface area contributed by atoms with Crippen molar-refractivity contribution in [3.05, 3.63) is 69.2 Å². The molecular weight excluding hydrogens is 392 g/mol. The van der Waals surface area contributed by atoms with Crippen LogP contribution in [-0.4, -0.2) is 42.5 Å². The Kier molecular flexibility index (Phi) is 5.48. The quantitative estimate of drug-likeness (QED) is 0.558. The molecule has 3 rings (SSSR count). The molecule has 0 saturated carbocycles. The molecule has 1 atom stereocenters. The van der Waals surface area contributed by atoms with Crippen LogP contribution in [0.4, 0.5) is 5.69 Å². The van der Waals surface area contributed by atoms with Crippen LogP contribution < -0.4 is 0 Å². The van der Waals surface area contributed by atoms with Crippen molar-refractivity contribution >= 4 is 33.0 Å². The minimum absolute atomic E-state index is 0.0545. The van der Waals surface area contributed by atoms with Crippen LogP contribution >= 0.6 is 11.6 Å². The van der Waals surface area contributed by atoms with Gasteiger partial charge in [-0.3, -0.25) is 14.9 Å². The van der Waals surface area contributed by atoms with Gasteiger partial charge in [-0.2, -0.15) is 0 Å². The molecular formula is C18H17ClN2O5S. The molecule has 1 amide bonds. The Bertz CT molecular complexity index is 979. The van der Waals surface area contributed by atoms with Crippen LogP contribution in [0.5, 0.6) is 0 Å². The second-order valence-electron chi connectivity index (χ2n) is 6.31. The predicted molar refractivity (Wildman–Crippen MR) is 101 cm³/mol. The van der Waals surface area contributed by atoms with Crippen LogP contribution in [0, 0.1) is 10.1 Å².